The number of hydrogen-bond acceptors (Lipinski definition) is 1. The van der Waals surface area contributed by atoms with Gasteiger partial charge in [-0.1, -0.05) is 202 Å². The van der Waals surface area contributed by atoms with E-state index in [2.05, 4.69) is 255 Å². The van der Waals surface area contributed by atoms with Gasteiger partial charge in [-0.25, -0.2) is 0 Å². The van der Waals surface area contributed by atoms with Crippen LogP contribution in [0.5, 0.6) is 0 Å². The van der Waals surface area contributed by atoms with Crippen LogP contribution >= 0.6 is 0 Å². The number of nitrogens with zero attached hydrogens (tertiary/aromatic N) is 1. The van der Waals surface area contributed by atoms with E-state index in [1.165, 1.54) is 99.1 Å². The lowest BCUT2D eigenvalue weighted by Crippen LogP contribution is -2.16. The van der Waals surface area contributed by atoms with E-state index in [1.54, 1.807) is 0 Å². The van der Waals surface area contributed by atoms with E-state index in [0.717, 1.165) is 17.1 Å². The smallest absolute Gasteiger partial charge is 0.0462 e. The lowest BCUT2D eigenvalue weighted by molar-refractivity contribution is 0.662. The third kappa shape index (κ3) is 6.23. The van der Waals surface area contributed by atoms with Crippen molar-refractivity contribution in [2.75, 3.05) is 4.90 Å². The molecule has 0 fully saturated rings. The maximum atomic E-state index is 2.39. The molecule has 0 amide bonds. The Hall–Kier alpha value is -8.00. The summed E-state index contributed by atoms with van der Waals surface area (Å²) in [6.45, 7) is 4.73. The largest absolute Gasteiger partial charge is 0.311 e. The molecule has 0 heterocycles. The summed E-state index contributed by atoms with van der Waals surface area (Å²) in [5.74, 6) is 0. The van der Waals surface area contributed by atoms with Gasteiger partial charge in [0.15, 0.2) is 0 Å². The minimum Gasteiger partial charge on any atom is -0.311 e. The van der Waals surface area contributed by atoms with Crippen LogP contribution < -0.4 is 4.90 Å². The van der Waals surface area contributed by atoms with Gasteiger partial charge in [-0.05, 0) is 148 Å². The van der Waals surface area contributed by atoms with Crippen molar-refractivity contribution in [1.29, 1.82) is 0 Å². The molecule has 0 spiro atoms. The predicted octanol–water partition coefficient (Wildman–Crippen LogP) is 17.6. The normalized spacial score (nSPS) is 12.7. The van der Waals surface area contributed by atoms with Crippen LogP contribution in [-0.4, -0.2) is 0 Å². The van der Waals surface area contributed by atoms with Crippen molar-refractivity contribution in [2.24, 2.45) is 0 Å². The van der Waals surface area contributed by atoms with E-state index in [0.29, 0.717) is 0 Å². The van der Waals surface area contributed by atoms with Gasteiger partial charge in [0.2, 0.25) is 0 Å². The second kappa shape index (κ2) is 15.1. The van der Waals surface area contributed by atoms with Crippen LogP contribution in [-0.2, 0) is 5.41 Å². The Morgan fingerprint density at radius 3 is 1.50 bits per heavy atom. The van der Waals surface area contributed by atoms with E-state index < -0.39 is 0 Å². The molecule has 1 nitrogen and oxygen atoms in total. The Bertz CT molecular complexity index is 3550. The number of fused-ring (bicyclic) bond motifs is 7. The first-order valence-electron chi connectivity index (χ1n) is 22.3. The molecule has 0 radical (unpaired) electrons. The Balaban J connectivity index is 0.941. The SMILES string of the molecule is CC1(C)c2ccccc2-c2cccc(-c3ccc(N(c4ccc(-c5cccc(-c6cccc7ccccc67)c5)cc4)c4ccc(-c5cc6ccccc6c6ccccc56)cc4)cc3)c21. The standard InChI is InChI=1S/C63H45N/c1-63(2)61-27-10-9-23-58(61)59-26-13-25-55(62(59)63)44-30-36-50(37-31-44)64(51-38-32-45(33-39-51)60-41-48-15-4-6-20-54(48)56-21-7-8-22-57(56)60)49-34-28-42(29-35-49)46-17-11-18-47(40-46)53-24-12-16-43-14-3-5-19-52(43)53/h3-41H,1-2H3. The highest BCUT2D eigenvalue weighted by Crippen LogP contribution is 2.52. The van der Waals surface area contributed by atoms with Crippen molar-refractivity contribution in [3.05, 3.63) is 248 Å². The molecule has 0 aliphatic heterocycles. The number of benzene rings is 11. The summed E-state index contributed by atoms with van der Waals surface area (Å²) in [7, 11) is 0. The second-order valence-electron chi connectivity index (χ2n) is 17.7. The van der Waals surface area contributed by atoms with Gasteiger partial charge in [0.25, 0.3) is 0 Å². The summed E-state index contributed by atoms with van der Waals surface area (Å²) in [6, 6.07) is 87.0. The molecule has 11 aromatic rings. The highest BCUT2D eigenvalue weighted by atomic mass is 15.1. The monoisotopic (exact) mass is 815 g/mol. The van der Waals surface area contributed by atoms with Crippen LogP contribution in [0, 0.1) is 0 Å². The average molecular weight is 816 g/mol. The summed E-state index contributed by atoms with van der Waals surface area (Å²) in [5.41, 5.74) is 18.5. The molecule has 302 valence electrons. The lowest BCUT2D eigenvalue weighted by atomic mass is 9.79. The molecule has 11 aromatic carbocycles. The first-order chi connectivity index (χ1) is 31.5. The summed E-state index contributed by atoms with van der Waals surface area (Å²) in [5, 5.41) is 7.60. The first kappa shape index (κ1) is 37.7. The van der Waals surface area contributed by atoms with Crippen molar-refractivity contribution in [3.8, 4) is 55.6 Å². The van der Waals surface area contributed by atoms with Crippen molar-refractivity contribution in [1.82, 2.24) is 0 Å². The summed E-state index contributed by atoms with van der Waals surface area (Å²) in [6.07, 6.45) is 0. The molecule has 1 heteroatoms. The van der Waals surface area contributed by atoms with Crippen molar-refractivity contribution < 1.29 is 0 Å². The fourth-order valence-electron chi connectivity index (χ4n) is 10.6. The molecule has 1 aliphatic carbocycles. The average Bonchev–Trinajstić information content (AvgIpc) is 3.60. The van der Waals surface area contributed by atoms with Crippen LogP contribution in [0.25, 0.3) is 88.0 Å². The zero-order valence-corrected chi connectivity index (χ0v) is 36.0. The topological polar surface area (TPSA) is 3.24 Å². The molecule has 0 unspecified atom stereocenters. The lowest BCUT2D eigenvalue weighted by Gasteiger charge is -2.27. The molecule has 64 heavy (non-hydrogen) atoms. The second-order valence-corrected chi connectivity index (χ2v) is 17.7. The summed E-state index contributed by atoms with van der Waals surface area (Å²) >= 11 is 0. The molecule has 0 atom stereocenters. The van der Waals surface area contributed by atoms with Gasteiger partial charge in [-0.3, -0.25) is 0 Å². The molecule has 0 aromatic heterocycles. The van der Waals surface area contributed by atoms with E-state index >= 15 is 0 Å². The van der Waals surface area contributed by atoms with E-state index in [4.69, 9.17) is 0 Å². The Morgan fingerprint density at radius 1 is 0.281 bits per heavy atom. The zero-order valence-electron chi connectivity index (χ0n) is 36.0. The van der Waals surface area contributed by atoms with Gasteiger partial charge in [0.05, 0.1) is 0 Å². The first-order valence-corrected chi connectivity index (χ1v) is 22.3. The van der Waals surface area contributed by atoms with Crippen LogP contribution in [0.3, 0.4) is 0 Å². The minimum absolute atomic E-state index is 0.0957. The number of anilines is 3. The molecule has 0 saturated carbocycles. The predicted molar refractivity (Wildman–Crippen MR) is 273 cm³/mol. The minimum atomic E-state index is -0.0957. The summed E-state index contributed by atoms with van der Waals surface area (Å²) in [4.78, 5) is 2.39. The Labute approximate surface area is 375 Å². The van der Waals surface area contributed by atoms with Crippen molar-refractivity contribution in [2.45, 2.75) is 19.3 Å². The fraction of sp³-hybridized carbons (Fsp3) is 0.0476. The Morgan fingerprint density at radius 2 is 0.766 bits per heavy atom. The molecule has 12 rings (SSSR count). The summed E-state index contributed by atoms with van der Waals surface area (Å²) < 4.78 is 0. The third-order valence-corrected chi connectivity index (χ3v) is 13.6. The van der Waals surface area contributed by atoms with Gasteiger partial charge in [-0.15, -0.1) is 0 Å². The van der Waals surface area contributed by atoms with Gasteiger partial charge in [0.1, 0.15) is 0 Å². The molecule has 1 aliphatic rings. The quantitative estimate of drug-likeness (QED) is 0.145. The van der Waals surface area contributed by atoms with E-state index in [1.807, 2.05) is 0 Å². The van der Waals surface area contributed by atoms with Gasteiger partial charge >= 0.3 is 0 Å². The van der Waals surface area contributed by atoms with Crippen LogP contribution in [0.1, 0.15) is 25.0 Å². The van der Waals surface area contributed by atoms with Crippen LogP contribution in [0.15, 0.2) is 237 Å². The number of rotatable bonds is 7. The van der Waals surface area contributed by atoms with Crippen LogP contribution in [0.2, 0.25) is 0 Å². The van der Waals surface area contributed by atoms with E-state index in [-0.39, 0.29) is 5.41 Å². The zero-order chi connectivity index (χ0) is 42.8. The maximum Gasteiger partial charge on any atom is 0.0462 e. The van der Waals surface area contributed by atoms with Gasteiger partial charge in [-0.2, -0.15) is 0 Å². The third-order valence-electron chi connectivity index (χ3n) is 13.6. The highest BCUT2D eigenvalue weighted by Gasteiger charge is 2.37. The fourth-order valence-corrected chi connectivity index (χ4v) is 10.6. The molecular weight excluding hydrogens is 771 g/mol. The number of hydrogen-bond donors (Lipinski definition) is 0. The molecule has 0 N–H and O–H groups in total. The van der Waals surface area contributed by atoms with Crippen LogP contribution in [0.4, 0.5) is 17.1 Å². The van der Waals surface area contributed by atoms with Gasteiger partial charge < -0.3 is 4.90 Å². The molecule has 0 saturated heterocycles. The van der Waals surface area contributed by atoms with E-state index in [9.17, 15) is 0 Å². The van der Waals surface area contributed by atoms with Gasteiger partial charge in [0, 0.05) is 22.5 Å². The molecular formula is C63H45N. The maximum absolute atomic E-state index is 2.39. The van der Waals surface area contributed by atoms with Crippen molar-refractivity contribution in [3.63, 3.8) is 0 Å². The molecule has 0 bridgehead atoms. The Kier molecular flexibility index (Phi) is 8.91. The van der Waals surface area contributed by atoms with Crippen molar-refractivity contribution >= 4 is 49.4 Å². The highest BCUT2D eigenvalue weighted by molar-refractivity contribution is 6.13.